The average molecular weight is 210 g/mol. The second-order valence-corrected chi connectivity index (χ2v) is 4.27. The molecule has 0 saturated carbocycles. The lowest BCUT2D eigenvalue weighted by Gasteiger charge is -2.27. The molecule has 0 bridgehead atoms. The molecule has 86 valence electrons. The Bertz CT molecular complexity index is 231. The molecule has 0 aliphatic carbocycles. The van der Waals surface area contributed by atoms with Gasteiger partial charge in [0, 0.05) is 12.5 Å². The number of ketones is 1. The van der Waals surface area contributed by atoms with Gasteiger partial charge < -0.3 is 5.11 Å². The van der Waals surface area contributed by atoms with Crippen LogP contribution in [-0.4, -0.2) is 10.9 Å². The fraction of sp³-hybridized carbons (Fsp3) is 0.615. The number of hydrogen-bond donors (Lipinski definition) is 1. The van der Waals surface area contributed by atoms with Crippen molar-refractivity contribution in [1.82, 2.24) is 0 Å². The van der Waals surface area contributed by atoms with Crippen molar-refractivity contribution in [3.05, 3.63) is 25.0 Å². The van der Waals surface area contributed by atoms with E-state index in [2.05, 4.69) is 20.4 Å². The minimum Gasteiger partial charge on any atom is -0.515 e. The van der Waals surface area contributed by atoms with Crippen LogP contribution in [0.25, 0.3) is 0 Å². The minimum atomic E-state index is -0.00391. The van der Waals surface area contributed by atoms with Crippen LogP contribution in [-0.2, 0) is 4.79 Å². The molecule has 0 rings (SSSR count). The predicted octanol–water partition coefficient (Wildman–Crippen LogP) is 3.79. The van der Waals surface area contributed by atoms with Gasteiger partial charge >= 0.3 is 0 Å². The summed E-state index contributed by atoms with van der Waals surface area (Å²) in [5, 5.41) is 8.45. The maximum Gasteiger partial charge on any atom is 0.158 e. The standard InChI is InChI=1S/C13H22O2/c1-4-6-9-13(3,5-2)10-7-12(15)8-11-14/h4,8,11,14H,1,5-7,9-10H2,2-3H3. The molecule has 0 aromatic carbocycles. The summed E-state index contributed by atoms with van der Waals surface area (Å²) >= 11 is 0. The second-order valence-electron chi connectivity index (χ2n) is 4.27. The zero-order valence-electron chi connectivity index (χ0n) is 9.83. The predicted molar refractivity (Wildman–Crippen MR) is 63.8 cm³/mol. The van der Waals surface area contributed by atoms with Gasteiger partial charge in [0.2, 0.25) is 0 Å². The zero-order valence-corrected chi connectivity index (χ0v) is 9.83. The number of aliphatic hydroxyl groups excluding tert-OH is 1. The number of allylic oxidation sites excluding steroid dienone is 2. The molecular weight excluding hydrogens is 188 g/mol. The van der Waals surface area contributed by atoms with Crippen LogP contribution in [0.2, 0.25) is 0 Å². The third-order valence-corrected chi connectivity index (χ3v) is 3.04. The molecule has 2 nitrogen and oxygen atoms in total. The molecule has 1 unspecified atom stereocenters. The van der Waals surface area contributed by atoms with E-state index in [0.717, 1.165) is 31.9 Å². The maximum absolute atomic E-state index is 11.2. The third kappa shape index (κ3) is 6.10. The van der Waals surface area contributed by atoms with Crippen LogP contribution in [0.3, 0.4) is 0 Å². The molecule has 2 heteroatoms. The van der Waals surface area contributed by atoms with E-state index in [1.807, 2.05) is 6.08 Å². The lowest BCUT2D eigenvalue weighted by molar-refractivity contribution is -0.115. The van der Waals surface area contributed by atoms with Gasteiger partial charge in [-0.3, -0.25) is 4.79 Å². The van der Waals surface area contributed by atoms with Crippen LogP contribution >= 0.6 is 0 Å². The van der Waals surface area contributed by atoms with Crippen LogP contribution < -0.4 is 0 Å². The molecular formula is C13H22O2. The Morgan fingerprint density at radius 2 is 2.13 bits per heavy atom. The van der Waals surface area contributed by atoms with Crippen molar-refractivity contribution in [2.75, 3.05) is 0 Å². The molecule has 0 saturated heterocycles. The van der Waals surface area contributed by atoms with E-state index in [0.29, 0.717) is 6.42 Å². The lowest BCUT2D eigenvalue weighted by atomic mass is 9.78. The number of rotatable bonds is 8. The molecule has 0 heterocycles. The van der Waals surface area contributed by atoms with Gasteiger partial charge in [0.1, 0.15) is 0 Å². The van der Waals surface area contributed by atoms with Crippen molar-refractivity contribution in [2.24, 2.45) is 5.41 Å². The van der Waals surface area contributed by atoms with E-state index in [-0.39, 0.29) is 11.2 Å². The Labute approximate surface area is 92.7 Å². The molecule has 0 aromatic heterocycles. The number of carbonyl (C=O) groups excluding carboxylic acids is 1. The number of hydrogen-bond acceptors (Lipinski definition) is 2. The fourth-order valence-corrected chi connectivity index (χ4v) is 1.52. The quantitative estimate of drug-likeness (QED) is 0.376. The second kappa shape index (κ2) is 7.27. The lowest BCUT2D eigenvalue weighted by Crippen LogP contribution is -2.16. The van der Waals surface area contributed by atoms with Gasteiger partial charge in [-0.05, 0) is 24.7 Å². The van der Waals surface area contributed by atoms with Gasteiger partial charge in [0.25, 0.3) is 0 Å². The molecule has 0 aliphatic heterocycles. The maximum atomic E-state index is 11.2. The van der Waals surface area contributed by atoms with Crippen molar-refractivity contribution in [3.8, 4) is 0 Å². The Morgan fingerprint density at radius 3 is 2.60 bits per heavy atom. The molecule has 0 aromatic rings. The van der Waals surface area contributed by atoms with E-state index >= 15 is 0 Å². The molecule has 0 fully saturated rings. The highest BCUT2D eigenvalue weighted by atomic mass is 16.2. The van der Waals surface area contributed by atoms with Crippen LogP contribution in [0.1, 0.15) is 46.0 Å². The van der Waals surface area contributed by atoms with Crippen molar-refractivity contribution in [3.63, 3.8) is 0 Å². The zero-order chi connectivity index (χ0) is 11.7. The molecule has 1 atom stereocenters. The first-order valence-corrected chi connectivity index (χ1v) is 5.52. The van der Waals surface area contributed by atoms with E-state index in [1.165, 1.54) is 6.08 Å². The fourth-order valence-electron chi connectivity index (χ4n) is 1.52. The van der Waals surface area contributed by atoms with E-state index in [1.54, 1.807) is 0 Å². The summed E-state index contributed by atoms with van der Waals surface area (Å²) in [6.07, 6.45) is 8.48. The molecule has 0 spiro atoms. The van der Waals surface area contributed by atoms with Crippen molar-refractivity contribution in [2.45, 2.75) is 46.0 Å². The highest BCUT2D eigenvalue weighted by molar-refractivity contribution is 5.89. The van der Waals surface area contributed by atoms with Crippen LogP contribution in [0.5, 0.6) is 0 Å². The average Bonchev–Trinajstić information content (AvgIpc) is 2.24. The van der Waals surface area contributed by atoms with Gasteiger partial charge in [0.15, 0.2) is 5.78 Å². The summed E-state index contributed by atoms with van der Waals surface area (Å²) in [6, 6.07) is 0. The first kappa shape index (κ1) is 13.9. The first-order chi connectivity index (χ1) is 7.08. The summed E-state index contributed by atoms with van der Waals surface area (Å²) in [5.41, 5.74) is 0.215. The largest absolute Gasteiger partial charge is 0.515 e. The smallest absolute Gasteiger partial charge is 0.158 e. The normalized spacial score (nSPS) is 15.1. The van der Waals surface area contributed by atoms with Crippen LogP contribution in [0, 0.1) is 5.41 Å². The van der Waals surface area contributed by atoms with Gasteiger partial charge in [-0.1, -0.05) is 26.3 Å². The van der Waals surface area contributed by atoms with Crippen LogP contribution in [0.15, 0.2) is 25.0 Å². The Morgan fingerprint density at radius 1 is 1.47 bits per heavy atom. The summed E-state index contributed by atoms with van der Waals surface area (Å²) in [5.74, 6) is -0.00391. The molecule has 1 N–H and O–H groups in total. The van der Waals surface area contributed by atoms with Gasteiger partial charge in [-0.25, -0.2) is 0 Å². The van der Waals surface area contributed by atoms with Gasteiger partial charge in [-0.15, -0.1) is 6.58 Å². The number of aliphatic hydroxyl groups is 1. The van der Waals surface area contributed by atoms with Crippen molar-refractivity contribution < 1.29 is 9.90 Å². The van der Waals surface area contributed by atoms with Crippen LogP contribution in [0.4, 0.5) is 0 Å². The molecule has 0 radical (unpaired) electrons. The molecule has 15 heavy (non-hydrogen) atoms. The first-order valence-electron chi connectivity index (χ1n) is 5.52. The molecule has 0 amide bonds. The Hall–Kier alpha value is -1.05. The summed E-state index contributed by atoms with van der Waals surface area (Å²) in [4.78, 5) is 11.2. The summed E-state index contributed by atoms with van der Waals surface area (Å²) in [7, 11) is 0. The van der Waals surface area contributed by atoms with E-state index in [4.69, 9.17) is 5.11 Å². The van der Waals surface area contributed by atoms with Gasteiger partial charge in [-0.2, -0.15) is 0 Å². The highest BCUT2D eigenvalue weighted by Gasteiger charge is 2.21. The van der Waals surface area contributed by atoms with Gasteiger partial charge in [0.05, 0.1) is 6.26 Å². The topological polar surface area (TPSA) is 37.3 Å². The Balaban J connectivity index is 4.07. The molecule has 0 aliphatic rings. The monoisotopic (exact) mass is 210 g/mol. The summed E-state index contributed by atoms with van der Waals surface area (Å²) < 4.78 is 0. The third-order valence-electron chi connectivity index (χ3n) is 3.04. The van der Waals surface area contributed by atoms with Crippen molar-refractivity contribution in [1.29, 1.82) is 0 Å². The summed E-state index contributed by atoms with van der Waals surface area (Å²) in [6.45, 7) is 8.06. The SMILES string of the molecule is C=CCCC(C)(CC)CCC(=O)C=CO. The highest BCUT2D eigenvalue weighted by Crippen LogP contribution is 2.32. The van der Waals surface area contributed by atoms with E-state index in [9.17, 15) is 4.79 Å². The van der Waals surface area contributed by atoms with E-state index < -0.39 is 0 Å². The number of carbonyl (C=O) groups is 1. The minimum absolute atomic E-state index is 0.00391. The Kier molecular flexibility index (Phi) is 6.76. The van der Waals surface area contributed by atoms with Crippen molar-refractivity contribution >= 4 is 5.78 Å².